The van der Waals surface area contributed by atoms with Crippen LogP contribution in [0.5, 0.6) is 0 Å². The van der Waals surface area contributed by atoms with E-state index in [0.717, 1.165) is 26.0 Å². The minimum absolute atomic E-state index is 0.113. The summed E-state index contributed by atoms with van der Waals surface area (Å²) < 4.78 is 5.10. The van der Waals surface area contributed by atoms with Crippen LogP contribution in [0.25, 0.3) is 0 Å². The number of carbonyl (C=O) groups excluding carboxylic acids is 1. The number of carbonyl (C=O) groups is 1. The third-order valence-electron chi connectivity index (χ3n) is 1.85. The summed E-state index contributed by atoms with van der Waals surface area (Å²) in [4.78, 5) is 11.2. The molecular weight excluding hydrogens is 142 g/mol. The van der Waals surface area contributed by atoms with Crippen LogP contribution in [-0.2, 0) is 9.53 Å². The molecule has 1 unspecified atom stereocenters. The van der Waals surface area contributed by atoms with E-state index in [1.807, 2.05) is 6.92 Å². The van der Waals surface area contributed by atoms with Gasteiger partial charge in [0, 0.05) is 13.2 Å². The van der Waals surface area contributed by atoms with Gasteiger partial charge in [0.2, 0.25) is 5.91 Å². The van der Waals surface area contributed by atoms with Crippen LogP contribution in [0.1, 0.15) is 19.8 Å². The van der Waals surface area contributed by atoms with Gasteiger partial charge in [-0.05, 0) is 12.8 Å². The van der Waals surface area contributed by atoms with E-state index in [2.05, 4.69) is 5.32 Å². The van der Waals surface area contributed by atoms with E-state index in [-0.39, 0.29) is 11.8 Å². The zero-order chi connectivity index (χ0) is 8.10. The molecule has 3 heteroatoms. The Hall–Kier alpha value is -0.570. The summed E-state index contributed by atoms with van der Waals surface area (Å²) in [6, 6.07) is 0. The number of rotatable bonds is 3. The van der Waals surface area contributed by atoms with Crippen LogP contribution in [0.4, 0.5) is 0 Å². The van der Waals surface area contributed by atoms with Crippen molar-refractivity contribution in [2.24, 2.45) is 5.92 Å². The smallest absolute Gasteiger partial charge is 0.225 e. The minimum atomic E-state index is 0.113. The third-order valence-corrected chi connectivity index (χ3v) is 1.85. The summed E-state index contributed by atoms with van der Waals surface area (Å²) in [6.45, 7) is 4.18. The Labute approximate surface area is 67.1 Å². The second-order valence-electron chi connectivity index (χ2n) is 2.85. The van der Waals surface area contributed by atoms with Gasteiger partial charge in [0.05, 0.1) is 12.5 Å². The van der Waals surface area contributed by atoms with Gasteiger partial charge in [-0.2, -0.15) is 0 Å². The summed E-state index contributed by atoms with van der Waals surface area (Å²) in [5.74, 6) is 0.269. The Balaban J connectivity index is 2.17. The fourth-order valence-corrected chi connectivity index (χ4v) is 1.13. The van der Waals surface area contributed by atoms with Crippen LogP contribution in [0.2, 0.25) is 0 Å². The molecular formula is C8H15NO2. The van der Waals surface area contributed by atoms with Crippen molar-refractivity contribution in [2.45, 2.75) is 19.8 Å². The first kappa shape index (κ1) is 8.53. The lowest BCUT2D eigenvalue weighted by atomic mass is 10.1. The lowest BCUT2D eigenvalue weighted by molar-refractivity contribution is -0.124. The molecule has 1 heterocycles. The maximum absolute atomic E-state index is 11.2. The van der Waals surface area contributed by atoms with Gasteiger partial charge >= 0.3 is 0 Å². The van der Waals surface area contributed by atoms with Crippen molar-refractivity contribution in [3.63, 3.8) is 0 Å². The van der Waals surface area contributed by atoms with Gasteiger partial charge in [0.25, 0.3) is 0 Å². The van der Waals surface area contributed by atoms with E-state index < -0.39 is 0 Å². The first-order chi connectivity index (χ1) is 5.34. The molecule has 0 aliphatic carbocycles. The van der Waals surface area contributed by atoms with Gasteiger partial charge in [-0.15, -0.1) is 0 Å². The summed E-state index contributed by atoms with van der Waals surface area (Å²) >= 11 is 0. The van der Waals surface area contributed by atoms with E-state index in [9.17, 15) is 4.79 Å². The van der Waals surface area contributed by atoms with E-state index in [4.69, 9.17) is 4.74 Å². The normalized spacial score (nSPS) is 23.5. The maximum atomic E-state index is 11.2. The zero-order valence-electron chi connectivity index (χ0n) is 6.93. The number of nitrogens with one attached hydrogen (secondary N) is 1. The molecule has 64 valence electrons. The van der Waals surface area contributed by atoms with Gasteiger partial charge < -0.3 is 10.1 Å². The average molecular weight is 157 g/mol. The first-order valence-electron chi connectivity index (χ1n) is 4.20. The molecule has 1 aliphatic heterocycles. The molecule has 0 aromatic heterocycles. The molecule has 1 N–H and O–H groups in total. The van der Waals surface area contributed by atoms with Crippen molar-refractivity contribution in [2.75, 3.05) is 19.8 Å². The average Bonchev–Trinajstić information content (AvgIpc) is 2.52. The predicted octanol–water partition coefficient (Wildman–Crippen LogP) is 0.549. The lowest BCUT2D eigenvalue weighted by Crippen LogP contribution is -2.31. The summed E-state index contributed by atoms with van der Waals surface area (Å²) in [5, 5.41) is 2.86. The Kier molecular flexibility index (Phi) is 3.36. The van der Waals surface area contributed by atoms with Gasteiger partial charge in [0.15, 0.2) is 0 Å². The van der Waals surface area contributed by atoms with Crippen LogP contribution in [-0.4, -0.2) is 25.7 Å². The highest BCUT2D eigenvalue weighted by Crippen LogP contribution is 2.11. The van der Waals surface area contributed by atoms with E-state index in [1.54, 1.807) is 0 Å². The van der Waals surface area contributed by atoms with Gasteiger partial charge in [-0.3, -0.25) is 4.79 Å². The predicted molar refractivity (Wildman–Crippen MR) is 42.2 cm³/mol. The highest BCUT2D eigenvalue weighted by atomic mass is 16.5. The Morgan fingerprint density at radius 3 is 3.09 bits per heavy atom. The van der Waals surface area contributed by atoms with Gasteiger partial charge in [-0.1, -0.05) is 6.92 Å². The molecule has 1 fully saturated rings. The molecule has 1 rings (SSSR count). The maximum Gasteiger partial charge on any atom is 0.225 e. The summed E-state index contributed by atoms with van der Waals surface area (Å²) in [6.07, 6.45) is 1.88. The number of amides is 1. The van der Waals surface area contributed by atoms with E-state index in [0.29, 0.717) is 6.61 Å². The van der Waals surface area contributed by atoms with Crippen LogP contribution >= 0.6 is 0 Å². The second-order valence-corrected chi connectivity index (χ2v) is 2.85. The molecule has 1 atom stereocenters. The second kappa shape index (κ2) is 4.34. The van der Waals surface area contributed by atoms with Crippen LogP contribution in [0.15, 0.2) is 0 Å². The largest absolute Gasteiger partial charge is 0.381 e. The molecule has 0 radical (unpaired) electrons. The highest BCUT2D eigenvalue weighted by molar-refractivity contribution is 5.78. The third kappa shape index (κ3) is 2.50. The number of hydrogen-bond donors (Lipinski definition) is 1. The number of ether oxygens (including phenoxy) is 1. The fraction of sp³-hybridized carbons (Fsp3) is 0.875. The van der Waals surface area contributed by atoms with Crippen LogP contribution < -0.4 is 5.32 Å². The lowest BCUT2D eigenvalue weighted by Gasteiger charge is -2.07. The van der Waals surface area contributed by atoms with Crippen molar-refractivity contribution in [3.8, 4) is 0 Å². The fourth-order valence-electron chi connectivity index (χ4n) is 1.13. The molecule has 0 spiro atoms. The molecule has 11 heavy (non-hydrogen) atoms. The molecule has 0 aromatic rings. The number of hydrogen-bond acceptors (Lipinski definition) is 2. The monoisotopic (exact) mass is 157 g/mol. The molecule has 0 bridgehead atoms. The van der Waals surface area contributed by atoms with Crippen molar-refractivity contribution < 1.29 is 9.53 Å². The van der Waals surface area contributed by atoms with E-state index >= 15 is 0 Å². The van der Waals surface area contributed by atoms with Crippen molar-refractivity contribution in [3.05, 3.63) is 0 Å². The Morgan fingerprint density at radius 2 is 2.55 bits per heavy atom. The van der Waals surface area contributed by atoms with Crippen molar-refractivity contribution in [1.29, 1.82) is 0 Å². The minimum Gasteiger partial charge on any atom is -0.381 e. The quantitative estimate of drug-likeness (QED) is 0.649. The van der Waals surface area contributed by atoms with Crippen LogP contribution in [0, 0.1) is 5.92 Å². The topological polar surface area (TPSA) is 38.3 Å². The molecule has 1 aliphatic rings. The van der Waals surface area contributed by atoms with Crippen molar-refractivity contribution >= 4 is 5.91 Å². The van der Waals surface area contributed by atoms with Gasteiger partial charge in [-0.25, -0.2) is 0 Å². The first-order valence-corrected chi connectivity index (χ1v) is 4.20. The molecule has 0 aromatic carbocycles. The standard InChI is InChI=1S/C8H15NO2/c1-2-4-9-8(10)7-3-5-11-6-7/h7H,2-6H2,1H3,(H,9,10). The molecule has 1 saturated heterocycles. The molecule has 3 nitrogen and oxygen atoms in total. The molecule has 1 amide bonds. The summed E-state index contributed by atoms with van der Waals surface area (Å²) in [5.41, 5.74) is 0. The molecule has 0 saturated carbocycles. The Bertz CT molecular complexity index is 130. The zero-order valence-corrected chi connectivity index (χ0v) is 6.93. The highest BCUT2D eigenvalue weighted by Gasteiger charge is 2.22. The van der Waals surface area contributed by atoms with Crippen LogP contribution in [0.3, 0.4) is 0 Å². The summed E-state index contributed by atoms with van der Waals surface area (Å²) in [7, 11) is 0. The van der Waals surface area contributed by atoms with Crippen molar-refractivity contribution in [1.82, 2.24) is 5.32 Å². The SMILES string of the molecule is CCCNC(=O)C1CCOC1. The Morgan fingerprint density at radius 1 is 1.73 bits per heavy atom. The van der Waals surface area contributed by atoms with Gasteiger partial charge in [0.1, 0.15) is 0 Å². The van der Waals surface area contributed by atoms with E-state index in [1.165, 1.54) is 0 Å².